The fourth-order valence-corrected chi connectivity index (χ4v) is 0.703. The molecule has 0 spiro atoms. The third-order valence-electron chi connectivity index (χ3n) is 1.22. The van der Waals surface area contributed by atoms with Gasteiger partial charge in [0.25, 0.3) is 0 Å². The number of aliphatic hydroxyl groups excluding tert-OH is 1. The van der Waals surface area contributed by atoms with Crippen molar-refractivity contribution in [1.29, 1.82) is 0 Å². The van der Waals surface area contributed by atoms with E-state index in [-0.39, 0.29) is 0 Å². The van der Waals surface area contributed by atoms with Crippen molar-refractivity contribution in [3.05, 3.63) is 0 Å². The highest BCUT2D eigenvalue weighted by molar-refractivity contribution is 6.38. The molecule has 0 fully saturated rings. The Labute approximate surface area is 87.6 Å². The number of hydrogen-bond acceptors (Lipinski definition) is 4. The van der Waals surface area contributed by atoms with E-state index in [0.717, 1.165) is 0 Å². The van der Waals surface area contributed by atoms with Gasteiger partial charge in [0, 0.05) is 0 Å². The summed E-state index contributed by atoms with van der Waals surface area (Å²) in [5.74, 6) is -1.45. The molecule has 0 bridgehead atoms. The summed E-state index contributed by atoms with van der Waals surface area (Å²) in [5, 5.41) is 17.6. The molecule has 0 aromatic carbocycles. The Balaban J connectivity index is 4.71. The van der Waals surface area contributed by atoms with E-state index in [1.54, 1.807) is 20.8 Å². The van der Waals surface area contributed by atoms with Crippen molar-refractivity contribution in [2.24, 2.45) is 4.99 Å². The van der Waals surface area contributed by atoms with Gasteiger partial charge in [0.15, 0.2) is 5.71 Å². The molecule has 0 aliphatic heterocycles. The number of amides is 1. The van der Waals surface area contributed by atoms with Crippen LogP contribution in [0.1, 0.15) is 27.7 Å². The van der Waals surface area contributed by atoms with E-state index in [2.05, 4.69) is 4.99 Å². The first-order chi connectivity index (χ1) is 6.63. The number of aliphatic hydroxyl groups is 1. The molecular weight excluding hydrogens is 202 g/mol. The standard InChI is InChI=1S/C9H15NO5/c1-5(11)6(7(12)13)10-8(14)15-9(2,3)4/h5,11H,1-4H3,(H,12,13)/b10-6+/t5-/m1/s1. The van der Waals surface area contributed by atoms with Crippen molar-refractivity contribution in [3.63, 3.8) is 0 Å². The molecule has 86 valence electrons. The van der Waals surface area contributed by atoms with E-state index >= 15 is 0 Å². The minimum atomic E-state index is -1.45. The van der Waals surface area contributed by atoms with Crippen LogP contribution in [0.3, 0.4) is 0 Å². The first-order valence-corrected chi connectivity index (χ1v) is 4.36. The average Bonchev–Trinajstić information content (AvgIpc) is 1.95. The van der Waals surface area contributed by atoms with Crippen molar-refractivity contribution >= 4 is 17.8 Å². The molecule has 0 rings (SSSR count). The van der Waals surface area contributed by atoms with Crippen molar-refractivity contribution < 1.29 is 24.5 Å². The fourth-order valence-electron chi connectivity index (χ4n) is 0.703. The first-order valence-electron chi connectivity index (χ1n) is 4.36. The van der Waals surface area contributed by atoms with Gasteiger partial charge in [-0.1, -0.05) is 0 Å². The topological polar surface area (TPSA) is 96.2 Å². The number of carbonyl (C=O) groups excluding carboxylic acids is 1. The predicted octanol–water partition coefficient (Wildman–Crippen LogP) is 0.828. The van der Waals surface area contributed by atoms with E-state index < -0.39 is 29.5 Å². The van der Waals surface area contributed by atoms with Crippen LogP contribution in [0.5, 0.6) is 0 Å². The Morgan fingerprint density at radius 3 is 2.07 bits per heavy atom. The zero-order valence-electron chi connectivity index (χ0n) is 9.14. The number of carboxylic acids is 1. The molecule has 0 saturated carbocycles. The van der Waals surface area contributed by atoms with Gasteiger partial charge >= 0.3 is 12.1 Å². The molecule has 0 aromatic heterocycles. The van der Waals surface area contributed by atoms with Crippen molar-refractivity contribution in [2.75, 3.05) is 0 Å². The number of hydrogen-bond donors (Lipinski definition) is 2. The van der Waals surface area contributed by atoms with Crippen LogP contribution in [0.4, 0.5) is 4.79 Å². The van der Waals surface area contributed by atoms with Crippen molar-refractivity contribution in [2.45, 2.75) is 39.4 Å². The van der Waals surface area contributed by atoms with E-state index in [9.17, 15) is 9.59 Å². The minimum absolute atomic E-state index is 0.635. The quantitative estimate of drug-likeness (QED) is 0.668. The highest BCUT2D eigenvalue weighted by Crippen LogP contribution is 2.08. The molecule has 0 aliphatic rings. The normalized spacial score (nSPS) is 14.6. The molecule has 0 aliphatic carbocycles. The van der Waals surface area contributed by atoms with Gasteiger partial charge in [-0.3, -0.25) is 0 Å². The summed E-state index contributed by atoms with van der Waals surface area (Å²) in [7, 11) is 0. The smallest absolute Gasteiger partial charge is 0.434 e. The summed E-state index contributed by atoms with van der Waals surface area (Å²) in [6, 6.07) is 0. The third-order valence-corrected chi connectivity index (χ3v) is 1.22. The number of aliphatic carboxylic acids is 1. The number of nitrogens with zero attached hydrogens (tertiary/aromatic N) is 1. The lowest BCUT2D eigenvalue weighted by molar-refractivity contribution is -0.129. The molecule has 6 nitrogen and oxygen atoms in total. The summed E-state index contributed by atoms with van der Waals surface area (Å²) in [6.45, 7) is 6.09. The fraction of sp³-hybridized carbons (Fsp3) is 0.667. The van der Waals surface area contributed by atoms with Crippen molar-refractivity contribution in [3.8, 4) is 0 Å². The number of ether oxygens (including phenoxy) is 1. The Morgan fingerprint density at radius 2 is 1.80 bits per heavy atom. The van der Waals surface area contributed by atoms with Gasteiger partial charge in [0.2, 0.25) is 0 Å². The lowest BCUT2D eigenvalue weighted by atomic mass is 10.2. The monoisotopic (exact) mass is 217 g/mol. The summed E-state index contributed by atoms with van der Waals surface area (Å²) in [5.41, 5.74) is -1.38. The van der Waals surface area contributed by atoms with Gasteiger partial charge in [-0.15, -0.1) is 0 Å². The maximum absolute atomic E-state index is 11.1. The maximum atomic E-state index is 11.1. The average molecular weight is 217 g/mol. The van der Waals surface area contributed by atoms with E-state index in [1.807, 2.05) is 0 Å². The largest absolute Gasteiger partial charge is 0.477 e. The molecular formula is C9H15NO5. The third kappa shape index (κ3) is 5.79. The van der Waals surface area contributed by atoms with E-state index in [1.165, 1.54) is 6.92 Å². The van der Waals surface area contributed by atoms with Crippen LogP contribution >= 0.6 is 0 Å². The Bertz CT molecular complexity index is 287. The Morgan fingerprint density at radius 1 is 1.33 bits per heavy atom. The van der Waals surface area contributed by atoms with Crippen molar-refractivity contribution in [1.82, 2.24) is 0 Å². The molecule has 15 heavy (non-hydrogen) atoms. The predicted molar refractivity (Wildman–Crippen MR) is 53.0 cm³/mol. The van der Waals surface area contributed by atoms with E-state index in [0.29, 0.717) is 0 Å². The lowest BCUT2D eigenvalue weighted by Gasteiger charge is -2.17. The van der Waals surface area contributed by atoms with Gasteiger partial charge in [0.05, 0.1) is 0 Å². The summed E-state index contributed by atoms with van der Waals surface area (Å²) < 4.78 is 4.77. The highest BCUT2D eigenvalue weighted by atomic mass is 16.6. The van der Waals surface area contributed by atoms with E-state index in [4.69, 9.17) is 14.9 Å². The van der Waals surface area contributed by atoms with Gasteiger partial charge in [-0.05, 0) is 27.7 Å². The number of aliphatic imine (C=N–C) groups is 1. The van der Waals surface area contributed by atoms with Gasteiger partial charge < -0.3 is 14.9 Å². The molecule has 6 heteroatoms. The Hall–Kier alpha value is -1.43. The first kappa shape index (κ1) is 13.6. The van der Waals surface area contributed by atoms with Gasteiger partial charge in [0.1, 0.15) is 11.7 Å². The number of carbonyl (C=O) groups is 2. The number of rotatable bonds is 2. The number of carboxylic acid groups (broad SMARTS) is 1. The van der Waals surface area contributed by atoms with Crippen LogP contribution in [-0.4, -0.2) is 39.7 Å². The molecule has 1 atom stereocenters. The van der Waals surface area contributed by atoms with Crippen LogP contribution < -0.4 is 0 Å². The molecule has 0 radical (unpaired) electrons. The van der Waals surface area contributed by atoms with Gasteiger partial charge in [-0.2, -0.15) is 4.99 Å². The van der Waals surface area contributed by atoms with Crippen LogP contribution in [0.15, 0.2) is 4.99 Å². The second-order valence-corrected chi connectivity index (χ2v) is 3.96. The summed E-state index contributed by atoms with van der Waals surface area (Å²) >= 11 is 0. The second-order valence-electron chi connectivity index (χ2n) is 3.96. The zero-order valence-corrected chi connectivity index (χ0v) is 9.14. The molecule has 2 N–H and O–H groups in total. The summed E-state index contributed by atoms with van der Waals surface area (Å²) in [6.07, 6.45) is -2.35. The Kier molecular flexibility index (Phi) is 4.41. The second kappa shape index (κ2) is 4.88. The SMILES string of the molecule is C[C@@H](O)/C(=N\C(=O)OC(C)(C)C)C(=O)O. The van der Waals surface area contributed by atoms with Gasteiger partial charge in [-0.25, -0.2) is 9.59 Å². The highest BCUT2D eigenvalue weighted by Gasteiger charge is 2.21. The van der Waals surface area contributed by atoms with Crippen LogP contribution in [0.2, 0.25) is 0 Å². The molecule has 1 amide bonds. The molecule has 0 heterocycles. The minimum Gasteiger partial charge on any atom is -0.477 e. The molecule has 0 aromatic rings. The maximum Gasteiger partial charge on any atom is 0.434 e. The zero-order chi connectivity index (χ0) is 12.2. The lowest BCUT2D eigenvalue weighted by Crippen LogP contribution is -2.29. The summed E-state index contributed by atoms with van der Waals surface area (Å²) in [4.78, 5) is 24.8. The van der Waals surface area contributed by atoms with Crippen LogP contribution in [-0.2, 0) is 9.53 Å². The van der Waals surface area contributed by atoms with Crippen LogP contribution in [0, 0.1) is 0 Å². The molecule has 0 unspecified atom stereocenters. The van der Waals surface area contributed by atoms with Crippen LogP contribution in [0.25, 0.3) is 0 Å². The molecule has 0 saturated heterocycles.